The first kappa shape index (κ1) is 19.7. The van der Waals surface area contributed by atoms with Crippen LogP contribution in [0.5, 0.6) is 5.75 Å². The van der Waals surface area contributed by atoms with Gasteiger partial charge in [0.05, 0.1) is 13.7 Å². The largest absolute Gasteiger partial charge is 0.494 e. The van der Waals surface area contributed by atoms with Crippen molar-refractivity contribution in [3.63, 3.8) is 0 Å². The van der Waals surface area contributed by atoms with Crippen molar-refractivity contribution in [1.82, 2.24) is 5.32 Å². The molecule has 0 fully saturated rings. The first-order chi connectivity index (χ1) is 11.4. The number of esters is 1. The number of hydrogen-bond acceptors (Lipinski definition) is 5. The minimum absolute atomic E-state index is 0.0125. The van der Waals surface area contributed by atoms with E-state index in [0.29, 0.717) is 24.3 Å². The molecule has 1 amide bonds. The topological polar surface area (TPSA) is 81.7 Å². The highest BCUT2D eigenvalue weighted by Gasteiger charge is 2.33. The van der Waals surface area contributed by atoms with Crippen LogP contribution in [0.1, 0.15) is 50.4 Å². The quantitative estimate of drug-likeness (QED) is 0.554. The molecule has 1 aromatic rings. The minimum Gasteiger partial charge on any atom is -0.494 e. The fraction of sp³-hybridized carbons (Fsp3) is 0.500. The molecule has 0 aromatic heterocycles. The van der Waals surface area contributed by atoms with Crippen molar-refractivity contribution < 1.29 is 23.9 Å². The monoisotopic (exact) mass is 335 g/mol. The zero-order valence-corrected chi connectivity index (χ0v) is 14.7. The normalized spacial score (nSPS) is 12.8. The van der Waals surface area contributed by atoms with Gasteiger partial charge in [-0.05, 0) is 44.5 Å². The fourth-order valence-corrected chi connectivity index (χ4v) is 2.15. The number of nitrogens with one attached hydrogen (secondary N) is 1. The van der Waals surface area contributed by atoms with Crippen LogP contribution in [0.2, 0.25) is 0 Å². The molecule has 0 radical (unpaired) electrons. The molecule has 0 aliphatic heterocycles. The van der Waals surface area contributed by atoms with Gasteiger partial charge in [-0.25, -0.2) is 4.79 Å². The molecule has 1 rings (SSSR count). The van der Waals surface area contributed by atoms with Crippen LogP contribution in [0.15, 0.2) is 24.3 Å². The van der Waals surface area contributed by atoms with E-state index in [1.807, 2.05) is 6.92 Å². The van der Waals surface area contributed by atoms with E-state index in [2.05, 4.69) is 5.32 Å². The number of carbonyl (C=O) groups excluding carboxylic acids is 3. The molecule has 0 saturated carbocycles. The third-order valence-electron chi connectivity index (χ3n) is 3.82. The summed E-state index contributed by atoms with van der Waals surface area (Å²) < 4.78 is 10.0. The van der Waals surface area contributed by atoms with Crippen molar-refractivity contribution in [1.29, 1.82) is 0 Å². The third-order valence-corrected chi connectivity index (χ3v) is 3.82. The Hall–Kier alpha value is -2.37. The van der Waals surface area contributed by atoms with Crippen LogP contribution in [0.4, 0.5) is 0 Å². The molecule has 1 atom stereocenters. The number of hydrogen-bond donors (Lipinski definition) is 1. The maximum atomic E-state index is 12.1. The number of ether oxygens (including phenoxy) is 2. The van der Waals surface area contributed by atoms with Crippen LogP contribution < -0.4 is 10.1 Å². The second kappa shape index (κ2) is 9.05. The van der Waals surface area contributed by atoms with Gasteiger partial charge in [0.25, 0.3) is 0 Å². The van der Waals surface area contributed by atoms with E-state index in [-0.39, 0.29) is 24.5 Å². The Morgan fingerprint density at radius 1 is 1.08 bits per heavy atom. The summed E-state index contributed by atoms with van der Waals surface area (Å²) in [6.45, 7) is 5.83. The molecule has 0 bridgehead atoms. The van der Waals surface area contributed by atoms with Crippen LogP contribution >= 0.6 is 0 Å². The van der Waals surface area contributed by atoms with Gasteiger partial charge in [0, 0.05) is 18.4 Å². The molecule has 0 aliphatic rings. The molecule has 0 heterocycles. The van der Waals surface area contributed by atoms with Crippen molar-refractivity contribution in [2.75, 3.05) is 13.7 Å². The summed E-state index contributed by atoms with van der Waals surface area (Å²) in [6, 6.07) is 6.80. The van der Waals surface area contributed by atoms with Crippen LogP contribution in [0, 0.1) is 0 Å². The summed E-state index contributed by atoms with van der Waals surface area (Å²) in [7, 11) is 1.28. The van der Waals surface area contributed by atoms with Gasteiger partial charge < -0.3 is 14.8 Å². The molecular formula is C18H25NO5. The van der Waals surface area contributed by atoms with Gasteiger partial charge >= 0.3 is 5.97 Å². The van der Waals surface area contributed by atoms with E-state index in [1.54, 1.807) is 38.1 Å². The van der Waals surface area contributed by atoms with Gasteiger partial charge in [-0.15, -0.1) is 0 Å². The number of Topliss-reactive ketones (excluding diaryl/α,β-unsaturated/α-hetero) is 1. The average molecular weight is 335 g/mol. The van der Waals surface area contributed by atoms with Gasteiger partial charge in [-0.2, -0.15) is 0 Å². The lowest BCUT2D eigenvalue weighted by atomic mass is 9.98. The van der Waals surface area contributed by atoms with Crippen molar-refractivity contribution >= 4 is 17.7 Å². The zero-order chi connectivity index (χ0) is 18.2. The highest BCUT2D eigenvalue weighted by molar-refractivity contribution is 5.98. The van der Waals surface area contributed by atoms with Crippen LogP contribution in [0.3, 0.4) is 0 Å². The van der Waals surface area contributed by atoms with E-state index in [0.717, 1.165) is 0 Å². The van der Waals surface area contributed by atoms with E-state index < -0.39 is 11.5 Å². The molecule has 0 spiro atoms. The minimum atomic E-state index is -1.08. The van der Waals surface area contributed by atoms with Gasteiger partial charge in [0.1, 0.15) is 11.3 Å². The van der Waals surface area contributed by atoms with Gasteiger partial charge in [-0.3, -0.25) is 9.59 Å². The van der Waals surface area contributed by atoms with Gasteiger partial charge in [0.15, 0.2) is 5.78 Å². The smallest absolute Gasteiger partial charge is 0.331 e. The molecule has 1 N–H and O–H groups in total. The van der Waals surface area contributed by atoms with E-state index in [4.69, 9.17) is 9.47 Å². The Kier molecular flexibility index (Phi) is 7.42. The Bertz CT molecular complexity index is 582. The molecule has 24 heavy (non-hydrogen) atoms. The van der Waals surface area contributed by atoms with Crippen molar-refractivity contribution in [3.05, 3.63) is 29.8 Å². The van der Waals surface area contributed by atoms with E-state index >= 15 is 0 Å². The number of ketones is 1. The molecule has 0 aliphatic carbocycles. The third kappa shape index (κ3) is 5.37. The van der Waals surface area contributed by atoms with Crippen molar-refractivity contribution in [2.24, 2.45) is 0 Å². The summed E-state index contributed by atoms with van der Waals surface area (Å²) in [5, 5.41) is 2.64. The van der Waals surface area contributed by atoms with E-state index in [9.17, 15) is 14.4 Å². The predicted molar refractivity (Wildman–Crippen MR) is 90.0 cm³/mol. The molecule has 6 heteroatoms. The first-order valence-electron chi connectivity index (χ1n) is 8.01. The zero-order valence-electron chi connectivity index (χ0n) is 14.7. The second-order valence-corrected chi connectivity index (χ2v) is 5.61. The lowest BCUT2D eigenvalue weighted by molar-refractivity contribution is -0.150. The lowest BCUT2D eigenvalue weighted by Gasteiger charge is -2.26. The molecule has 132 valence electrons. The fourth-order valence-electron chi connectivity index (χ4n) is 2.15. The Balaban J connectivity index is 2.57. The molecule has 1 aromatic carbocycles. The summed E-state index contributed by atoms with van der Waals surface area (Å²) in [6.07, 6.45) is 0.484. The molecular weight excluding hydrogens is 310 g/mol. The van der Waals surface area contributed by atoms with Crippen LogP contribution in [-0.4, -0.2) is 36.9 Å². The number of rotatable bonds is 9. The second-order valence-electron chi connectivity index (χ2n) is 5.61. The molecule has 1 unspecified atom stereocenters. The summed E-state index contributed by atoms with van der Waals surface area (Å²) in [5.41, 5.74) is -0.550. The Morgan fingerprint density at radius 2 is 1.71 bits per heavy atom. The van der Waals surface area contributed by atoms with Crippen molar-refractivity contribution in [2.45, 2.75) is 45.6 Å². The highest BCUT2D eigenvalue weighted by Crippen LogP contribution is 2.15. The van der Waals surface area contributed by atoms with E-state index in [1.165, 1.54) is 7.11 Å². The first-order valence-corrected chi connectivity index (χ1v) is 8.01. The number of amides is 1. The maximum Gasteiger partial charge on any atom is 0.331 e. The highest BCUT2D eigenvalue weighted by atomic mass is 16.5. The molecule has 6 nitrogen and oxygen atoms in total. The predicted octanol–water partition coefficient (Wildman–Crippen LogP) is 2.51. The number of carbonyl (C=O) groups is 3. The standard InChI is InChI=1S/C18H25NO5/c1-5-18(3,17(22)23-4)19-16(21)12-11-15(20)13-7-9-14(10-8-13)24-6-2/h7-10H,5-6,11-12H2,1-4H3,(H,19,21). The summed E-state index contributed by atoms with van der Waals surface area (Å²) in [5.74, 6) is -0.298. The number of benzene rings is 1. The van der Waals surface area contributed by atoms with Crippen LogP contribution in [0.25, 0.3) is 0 Å². The maximum absolute atomic E-state index is 12.1. The average Bonchev–Trinajstić information content (AvgIpc) is 2.59. The lowest BCUT2D eigenvalue weighted by Crippen LogP contribution is -2.52. The SMILES string of the molecule is CCOc1ccc(C(=O)CCC(=O)NC(C)(CC)C(=O)OC)cc1. The molecule has 0 saturated heterocycles. The Labute approximate surface area is 142 Å². The summed E-state index contributed by atoms with van der Waals surface area (Å²) in [4.78, 5) is 35.9. The number of methoxy groups -OCH3 is 1. The van der Waals surface area contributed by atoms with Gasteiger partial charge in [-0.1, -0.05) is 6.92 Å². The van der Waals surface area contributed by atoms with Crippen LogP contribution in [-0.2, 0) is 14.3 Å². The summed E-state index contributed by atoms with van der Waals surface area (Å²) >= 11 is 0. The van der Waals surface area contributed by atoms with Crippen molar-refractivity contribution in [3.8, 4) is 5.75 Å². The van der Waals surface area contributed by atoms with Gasteiger partial charge in [0.2, 0.25) is 5.91 Å². The Morgan fingerprint density at radius 3 is 2.21 bits per heavy atom.